The highest BCUT2D eigenvalue weighted by Gasteiger charge is 2.27. The number of nitrogens with one attached hydrogen (secondary N) is 4. The van der Waals surface area contributed by atoms with Gasteiger partial charge in [0.15, 0.2) is 0 Å². The molecule has 3 aromatic carbocycles. The summed E-state index contributed by atoms with van der Waals surface area (Å²) in [5.74, 6) is -1.94. The van der Waals surface area contributed by atoms with Gasteiger partial charge in [-0.2, -0.15) is 0 Å². The monoisotopic (exact) mass is 728 g/mol. The minimum absolute atomic E-state index is 0.181. The van der Waals surface area contributed by atoms with Crippen molar-refractivity contribution in [3.8, 4) is 0 Å². The Morgan fingerprint density at radius 3 is 1.17 bits per heavy atom. The van der Waals surface area contributed by atoms with Crippen LogP contribution < -0.4 is 21.3 Å². The lowest BCUT2D eigenvalue weighted by molar-refractivity contribution is -0.136. The molecule has 0 spiro atoms. The van der Waals surface area contributed by atoms with Gasteiger partial charge >= 0.3 is 0 Å². The molecular formula is C41H56N6O6. The third-order valence-corrected chi connectivity index (χ3v) is 8.27. The smallest absolute Gasteiger partial charge is 0.248 e. The molecule has 6 amide bonds. The van der Waals surface area contributed by atoms with E-state index in [9.17, 15) is 28.8 Å². The largest absolute Gasteiger partial charge is 0.344 e. The highest BCUT2D eigenvalue weighted by molar-refractivity contribution is 6.02. The molecule has 4 N–H and O–H groups in total. The summed E-state index contributed by atoms with van der Waals surface area (Å²) in [4.78, 5) is 77.2. The summed E-state index contributed by atoms with van der Waals surface area (Å²) in [6.45, 7) is 7.18. The van der Waals surface area contributed by atoms with Crippen LogP contribution in [0.3, 0.4) is 0 Å². The molecule has 0 fully saturated rings. The standard InChI is InChI=1S/C22H27N3O3.C19H29N3O3/c1-16(23-20(26)15-18-12-8-5-9-13-18)21(27)24-22(28)19(25(2)3)14-17-10-6-4-7-11-17;1-13(2)11-16(22(4)5)19(25)21-18(24)14(3)20-17(23)12-15-9-7-6-8-10-15/h4-13,16,19H,14-15H2,1-3H3,(H,23,26)(H,24,27,28);6-10,13-14,16H,11-12H2,1-5H3,(H,20,23)(H,21,24,25)/t16-,19-;14-,16-/m00/s1. The van der Waals surface area contributed by atoms with Crippen molar-refractivity contribution >= 4 is 35.4 Å². The van der Waals surface area contributed by atoms with E-state index in [4.69, 9.17) is 0 Å². The van der Waals surface area contributed by atoms with E-state index in [1.54, 1.807) is 37.7 Å². The molecule has 0 unspecified atom stereocenters. The van der Waals surface area contributed by atoms with Crippen LogP contribution in [0.25, 0.3) is 0 Å². The maximum atomic E-state index is 12.6. The molecule has 53 heavy (non-hydrogen) atoms. The van der Waals surface area contributed by atoms with Gasteiger partial charge in [0, 0.05) is 0 Å². The number of benzene rings is 3. The van der Waals surface area contributed by atoms with E-state index in [0.29, 0.717) is 18.8 Å². The molecular weight excluding hydrogens is 672 g/mol. The van der Waals surface area contributed by atoms with E-state index < -0.39 is 29.9 Å². The number of amides is 6. The van der Waals surface area contributed by atoms with Crippen molar-refractivity contribution in [1.29, 1.82) is 0 Å². The van der Waals surface area contributed by atoms with Crippen LogP contribution in [0.5, 0.6) is 0 Å². The molecule has 3 rings (SSSR count). The lowest BCUT2D eigenvalue weighted by Crippen LogP contribution is -2.52. The SMILES string of the molecule is CC(C)C[C@@H](C(=O)NC(=O)[C@H](C)NC(=O)Cc1ccccc1)N(C)C.C[C@H](NC(=O)Cc1ccccc1)C(=O)NC(=O)[C@H](Cc1ccccc1)N(C)C. The first-order chi connectivity index (χ1) is 25.1. The van der Waals surface area contributed by atoms with E-state index in [1.165, 1.54) is 0 Å². The summed E-state index contributed by atoms with van der Waals surface area (Å²) in [7, 11) is 7.20. The molecule has 3 aromatic rings. The number of nitrogens with zero attached hydrogens (tertiary/aromatic N) is 2. The van der Waals surface area contributed by atoms with E-state index in [2.05, 4.69) is 21.3 Å². The predicted molar refractivity (Wildman–Crippen MR) is 206 cm³/mol. The first-order valence-corrected chi connectivity index (χ1v) is 17.8. The van der Waals surface area contributed by atoms with Gasteiger partial charge in [0.2, 0.25) is 35.4 Å². The zero-order valence-corrected chi connectivity index (χ0v) is 32.2. The van der Waals surface area contributed by atoms with Gasteiger partial charge in [0.1, 0.15) is 12.1 Å². The first-order valence-electron chi connectivity index (χ1n) is 17.8. The van der Waals surface area contributed by atoms with Crippen molar-refractivity contribution in [2.75, 3.05) is 28.2 Å². The Labute approximate surface area is 314 Å². The average Bonchev–Trinajstić information content (AvgIpc) is 3.10. The highest BCUT2D eigenvalue weighted by atomic mass is 16.2. The number of rotatable bonds is 16. The van der Waals surface area contributed by atoms with Gasteiger partial charge in [0.25, 0.3) is 0 Å². The Hall–Kier alpha value is -5.20. The molecule has 0 radical (unpaired) electrons. The Balaban J connectivity index is 0.000000370. The number of imide groups is 2. The van der Waals surface area contributed by atoms with Crippen LogP contribution in [-0.2, 0) is 48.0 Å². The fraction of sp³-hybridized carbons (Fsp3) is 0.415. The van der Waals surface area contributed by atoms with Crippen molar-refractivity contribution in [1.82, 2.24) is 31.1 Å². The van der Waals surface area contributed by atoms with E-state index in [1.807, 2.05) is 119 Å². The summed E-state index contributed by atoms with van der Waals surface area (Å²) in [6, 6.07) is 25.7. The van der Waals surface area contributed by atoms with E-state index in [0.717, 1.165) is 16.7 Å². The molecule has 0 saturated heterocycles. The summed E-state index contributed by atoms with van der Waals surface area (Å²) >= 11 is 0. The molecule has 0 heterocycles. The van der Waals surface area contributed by atoms with Gasteiger partial charge in [0.05, 0.1) is 24.9 Å². The molecule has 12 heteroatoms. The average molecular weight is 729 g/mol. The fourth-order valence-corrected chi connectivity index (χ4v) is 5.25. The Morgan fingerprint density at radius 2 is 0.830 bits per heavy atom. The van der Waals surface area contributed by atoms with Crippen LogP contribution in [0.15, 0.2) is 91.0 Å². The van der Waals surface area contributed by atoms with Crippen LogP contribution >= 0.6 is 0 Å². The summed E-state index contributed by atoms with van der Waals surface area (Å²) < 4.78 is 0. The lowest BCUT2D eigenvalue weighted by Gasteiger charge is -2.25. The number of carbonyl (C=O) groups is 6. The summed E-state index contributed by atoms with van der Waals surface area (Å²) in [5, 5.41) is 10.1. The maximum absolute atomic E-state index is 12.6. The summed E-state index contributed by atoms with van der Waals surface area (Å²) in [6.07, 6.45) is 1.52. The molecule has 286 valence electrons. The lowest BCUT2D eigenvalue weighted by atomic mass is 10.0. The molecule has 0 aliphatic rings. The Kier molecular flexibility index (Phi) is 18.8. The normalized spacial score (nSPS) is 13.1. The van der Waals surface area contributed by atoms with Crippen molar-refractivity contribution in [3.63, 3.8) is 0 Å². The van der Waals surface area contributed by atoms with Crippen LogP contribution in [0.4, 0.5) is 0 Å². The van der Waals surface area contributed by atoms with Gasteiger partial charge in [-0.3, -0.25) is 49.2 Å². The molecule has 0 saturated carbocycles. The number of hydrogen-bond donors (Lipinski definition) is 4. The second-order valence-corrected chi connectivity index (χ2v) is 13.9. The highest BCUT2D eigenvalue weighted by Crippen LogP contribution is 2.10. The van der Waals surface area contributed by atoms with Crippen LogP contribution in [0.1, 0.15) is 50.8 Å². The molecule has 0 aliphatic heterocycles. The quantitative estimate of drug-likeness (QED) is 0.176. The maximum Gasteiger partial charge on any atom is 0.248 e. The van der Waals surface area contributed by atoms with Crippen LogP contribution in [0, 0.1) is 5.92 Å². The third kappa shape index (κ3) is 16.8. The topological polar surface area (TPSA) is 157 Å². The van der Waals surface area contributed by atoms with Crippen molar-refractivity contribution in [2.45, 2.75) is 77.5 Å². The van der Waals surface area contributed by atoms with Gasteiger partial charge in [-0.1, -0.05) is 105 Å². The van der Waals surface area contributed by atoms with Crippen molar-refractivity contribution in [3.05, 3.63) is 108 Å². The molecule has 0 aromatic heterocycles. The Bertz CT molecular complexity index is 1620. The van der Waals surface area contributed by atoms with Gasteiger partial charge < -0.3 is 10.6 Å². The number of carbonyl (C=O) groups excluding carboxylic acids is 6. The van der Waals surface area contributed by atoms with Gasteiger partial charge in [-0.25, -0.2) is 0 Å². The predicted octanol–water partition coefficient (Wildman–Crippen LogP) is 2.90. The second kappa shape index (κ2) is 22.7. The van der Waals surface area contributed by atoms with Crippen LogP contribution in [-0.4, -0.2) is 97.6 Å². The second-order valence-electron chi connectivity index (χ2n) is 13.9. The molecule has 0 bridgehead atoms. The molecule has 12 nitrogen and oxygen atoms in total. The number of hydrogen-bond acceptors (Lipinski definition) is 8. The minimum Gasteiger partial charge on any atom is -0.344 e. The van der Waals surface area contributed by atoms with Gasteiger partial charge in [-0.05, 0) is 77.5 Å². The van der Waals surface area contributed by atoms with Crippen LogP contribution in [0.2, 0.25) is 0 Å². The fourth-order valence-electron chi connectivity index (χ4n) is 5.25. The molecule has 0 aliphatic carbocycles. The van der Waals surface area contributed by atoms with E-state index in [-0.39, 0.29) is 42.5 Å². The third-order valence-electron chi connectivity index (χ3n) is 8.27. The Morgan fingerprint density at radius 1 is 0.491 bits per heavy atom. The summed E-state index contributed by atoms with van der Waals surface area (Å²) in [5.41, 5.74) is 2.74. The zero-order chi connectivity index (χ0) is 39.5. The van der Waals surface area contributed by atoms with Crippen molar-refractivity contribution < 1.29 is 28.8 Å². The number of likely N-dealkylation sites (N-methyl/N-ethyl adjacent to an activating group) is 2. The van der Waals surface area contributed by atoms with Gasteiger partial charge in [-0.15, -0.1) is 0 Å². The first kappa shape index (κ1) is 44.0. The van der Waals surface area contributed by atoms with Crippen molar-refractivity contribution in [2.24, 2.45) is 5.92 Å². The molecule has 4 atom stereocenters. The minimum atomic E-state index is -0.806. The zero-order valence-electron chi connectivity index (χ0n) is 32.2. The van der Waals surface area contributed by atoms with E-state index >= 15 is 0 Å².